The van der Waals surface area contributed by atoms with Gasteiger partial charge in [-0.3, -0.25) is 9.59 Å². The molecule has 0 bridgehead atoms. The van der Waals surface area contributed by atoms with Gasteiger partial charge in [-0.25, -0.2) is 0 Å². The first kappa shape index (κ1) is 24.6. The molecular formula is C25H30N4O3. The number of carbonyl (C=O) groups is 2. The summed E-state index contributed by atoms with van der Waals surface area (Å²) in [4.78, 5) is 24.5. The Kier molecular flexibility index (Phi) is 8.56. The Labute approximate surface area is 189 Å². The summed E-state index contributed by atoms with van der Waals surface area (Å²) in [6.45, 7) is 7.91. The van der Waals surface area contributed by atoms with Crippen LogP contribution in [0, 0.1) is 18.3 Å². The summed E-state index contributed by atoms with van der Waals surface area (Å²) in [6, 6.07) is 15.8. The maximum Gasteiger partial charge on any atom is 0.262 e. The average molecular weight is 435 g/mol. The maximum absolute atomic E-state index is 12.3. The molecule has 2 amide bonds. The highest BCUT2D eigenvalue weighted by Crippen LogP contribution is 2.16. The standard InChI is InChI=1S/C25H30N4O3/c1-17-8-10-18(11-9-17)15-28-24(31)22(27)16-32-21-7-5-6-19(13-21)12-20(14-26)23(30)29-25(2,3)4/h5-13,22H,15-16,27H2,1-4H3,(H,28,31)(H,29,30)/t22-/m0/s1. The molecule has 168 valence electrons. The van der Waals surface area contributed by atoms with Crippen LogP contribution < -0.4 is 21.1 Å². The third kappa shape index (κ3) is 8.25. The minimum atomic E-state index is -0.841. The van der Waals surface area contributed by atoms with Crippen LogP contribution in [0.4, 0.5) is 0 Å². The van der Waals surface area contributed by atoms with Crippen LogP contribution in [0.3, 0.4) is 0 Å². The quantitative estimate of drug-likeness (QED) is 0.436. The molecule has 0 saturated heterocycles. The van der Waals surface area contributed by atoms with E-state index >= 15 is 0 Å². The molecule has 7 nitrogen and oxygen atoms in total. The molecule has 1 atom stereocenters. The van der Waals surface area contributed by atoms with Gasteiger partial charge in [0.1, 0.15) is 30.0 Å². The monoisotopic (exact) mass is 434 g/mol. The SMILES string of the molecule is Cc1ccc(CNC(=O)[C@@H](N)COc2cccc(C=C(C#N)C(=O)NC(C)(C)C)c2)cc1. The number of nitrogens with one attached hydrogen (secondary N) is 2. The molecule has 0 radical (unpaired) electrons. The van der Waals surface area contributed by atoms with Crippen LogP contribution in [0.25, 0.3) is 6.08 Å². The molecule has 0 aliphatic rings. The number of rotatable bonds is 8. The van der Waals surface area contributed by atoms with Crippen molar-refractivity contribution in [3.63, 3.8) is 0 Å². The lowest BCUT2D eigenvalue weighted by molar-refractivity contribution is -0.123. The molecule has 4 N–H and O–H groups in total. The zero-order valence-electron chi connectivity index (χ0n) is 18.9. The fourth-order valence-electron chi connectivity index (χ4n) is 2.71. The van der Waals surface area contributed by atoms with E-state index in [1.54, 1.807) is 24.3 Å². The van der Waals surface area contributed by atoms with Gasteiger partial charge in [-0.1, -0.05) is 42.0 Å². The zero-order chi connectivity index (χ0) is 23.7. The van der Waals surface area contributed by atoms with Crippen molar-refractivity contribution in [3.8, 4) is 11.8 Å². The van der Waals surface area contributed by atoms with Gasteiger partial charge in [-0.2, -0.15) is 5.26 Å². The van der Waals surface area contributed by atoms with E-state index in [0.29, 0.717) is 17.9 Å². The van der Waals surface area contributed by atoms with E-state index in [1.807, 2.05) is 58.0 Å². The van der Waals surface area contributed by atoms with Crippen molar-refractivity contribution in [2.75, 3.05) is 6.61 Å². The number of amides is 2. The Morgan fingerprint density at radius 2 is 1.88 bits per heavy atom. The first-order chi connectivity index (χ1) is 15.1. The van der Waals surface area contributed by atoms with Crippen LogP contribution in [0.1, 0.15) is 37.5 Å². The summed E-state index contributed by atoms with van der Waals surface area (Å²) >= 11 is 0. The minimum absolute atomic E-state index is 0.00994. The van der Waals surface area contributed by atoms with Crippen molar-refractivity contribution in [2.45, 2.75) is 45.8 Å². The van der Waals surface area contributed by atoms with Gasteiger partial charge in [-0.15, -0.1) is 0 Å². The second kappa shape index (κ2) is 11.1. The molecule has 2 aromatic rings. The predicted molar refractivity (Wildman–Crippen MR) is 124 cm³/mol. The third-order valence-corrected chi connectivity index (χ3v) is 4.38. The predicted octanol–water partition coefficient (Wildman–Crippen LogP) is 2.84. The fourth-order valence-corrected chi connectivity index (χ4v) is 2.71. The third-order valence-electron chi connectivity index (χ3n) is 4.38. The summed E-state index contributed by atoms with van der Waals surface area (Å²) in [6.07, 6.45) is 1.49. The van der Waals surface area contributed by atoms with Crippen LogP contribution in [-0.2, 0) is 16.1 Å². The van der Waals surface area contributed by atoms with Crippen molar-refractivity contribution < 1.29 is 14.3 Å². The Balaban J connectivity index is 1.94. The number of hydrogen-bond donors (Lipinski definition) is 3. The van der Waals surface area contributed by atoms with E-state index in [0.717, 1.165) is 11.1 Å². The van der Waals surface area contributed by atoms with E-state index in [4.69, 9.17) is 10.5 Å². The highest BCUT2D eigenvalue weighted by molar-refractivity contribution is 6.02. The molecule has 32 heavy (non-hydrogen) atoms. The highest BCUT2D eigenvalue weighted by atomic mass is 16.5. The number of nitrogens with zero attached hydrogens (tertiary/aromatic N) is 1. The lowest BCUT2D eigenvalue weighted by Crippen LogP contribution is -2.44. The Morgan fingerprint density at radius 1 is 1.19 bits per heavy atom. The molecule has 0 aliphatic carbocycles. The van der Waals surface area contributed by atoms with Crippen molar-refractivity contribution in [2.24, 2.45) is 5.73 Å². The summed E-state index contributed by atoms with van der Waals surface area (Å²) < 4.78 is 5.66. The van der Waals surface area contributed by atoms with Gasteiger partial charge in [0.25, 0.3) is 5.91 Å². The number of benzene rings is 2. The van der Waals surface area contributed by atoms with Crippen LogP contribution in [0.5, 0.6) is 5.75 Å². The van der Waals surface area contributed by atoms with Gasteiger partial charge >= 0.3 is 0 Å². The van der Waals surface area contributed by atoms with Crippen molar-refractivity contribution in [1.29, 1.82) is 5.26 Å². The average Bonchev–Trinajstić information content (AvgIpc) is 2.74. The van der Waals surface area contributed by atoms with Gasteiger partial charge in [-0.05, 0) is 57.0 Å². The Hall–Kier alpha value is -3.63. The van der Waals surface area contributed by atoms with Gasteiger partial charge in [0.2, 0.25) is 5.91 Å². The number of nitrogens with two attached hydrogens (primary N) is 1. The molecule has 0 unspecified atom stereocenters. The van der Waals surface area contributed by atoms with Crippen LogP contribution in [-0.4, -0.2) is 30.0 Å². The lowest BCUT2D eigenvalue weighted by atomic mass is 10.1. The second-order valence-corrected chi connectivity index (χ2v) is 8.57. The normalized spacial score (nSPS) is 12.4. The number of aryl methyl sites for hydroxylation is 1. The number of nitriles is 1. The summed E-state index contributed by atoms with van der Waals surface area (Å²) in [7, 11) is 0. The number of hydrogen-bond acceptors (Lipinski definition) is 5. The first-order valence-electron chi connectivity index (χ1n) is 10.3. The molecule has 2 aromatic carbocycles. The molecule has 0 heterocycles. The van der Waals surface area contributed by atoms with Gasteiger partial charge < -0.3 is 21.1 Å². The summed E-state index contributed by atoms with van der Waals surface area (Å²) in [5, 5.41) is 14.9. The van der Waals surface area contributed by atoms with E-state index in [-0.39, 0.29) is 18.1 Å². The van der Waals surface area contributed by atoms with Crippen molar-refractivity contribution >= 4 is 17.9 Å². The highest BCUT2D eigenvalue weighted by Gasteiger charge is 2.17. The Bertz CT molecular complexity index is 1010. The molecular weight excluding hydrogens is 404 g/mol. The molecule has 0 aromatic heterocycles. The largest absolute Gasteiger partial charge is 0.491 e. The van der Waals surface area contributed by atoms with E-state index in [1.165, 1.54) is 6.08 Å². The Morgan fingerprint density at radius 3 is 2.50 bits per heavy atom. The fraction of sp³-hybridized carbons (Fsp3) is 0.320. The van der Waals surface area contributed by atoms with Gasteiger partial charge in [0.05, 0.1) is 0 Å². The molecule has 2 rings (SSSR count). The minimum Gasteiger partial charge on any atom is -0.491 e. The van der Waals surface area contributed by atoms with E-state index < -0.39 is 17.5 Å². The molecule has 0 saturated carbocycles. The smallest absolute Gasteiger partial charge is 0.262 e. The molecule has 0 spiro atoms. The van der Waals surface area contributed by atoms with Crippen LogP contribution in [0.2, 0.25) is 0 Å². The zero-order valence-corrected chi connectivity index (χ0v) is 18.9. The van der Waals surface area contributed by atoms with E-state index in [2.05, 4.69) is 10.6 Å². The van der Waals surface area contributed by atoms with Crippen LogP contribution >= 0.6 is 0 Å². The maximum atomic E-state index is 12.3. The van der Waals surface area contributed by atoms with Crippen LogP contribution in [0.15, 0.2) is 54.1 Å². The lowest BCUT2D eigenvalue weighted by Gasteiger charge is -2.20. The summed E-state index contributed by atoms with van der Waals surface area (Å²) in [5.41, 5.74) is 8.25. The van der Waals surface area contributed by atoms with Gasteiger partial charge in [0.15, 0.2) is 0 Å². The number of carbonyl (C=O) groups excluding carboxylic acids is 2. The topological polar surface area (TPSA) is 117 Å². The molecule has 0 fully saturated rings. The van der Waals surface area contributed by atoms with Gasteiger partial charge in [0, 0.05) is 12.1 Å². The molecule has 7 heteroatoms. The van der Waals surface area contributed by atoms with E-state index in [9.17, 15) is 14.9 Å². The summed E-state index contributed by atoms with van der Waals surface area (Å²) in [5.74, 6) is -0.278. The van der Waals surface area contributed by atoms with Crippen molar-refractivity contribution in [3.05, 3.63) is 70.8 Å². The number of ether oxygens (including phenoxy) is 1. The second-order valence-electron chi connectivity index (χ2n) is 8.57. The molecule has 0 aliphatic heterocycles. The van der Waals surface area contributed by atoms with Crippen molar-refractivity contribution in [1.82, 2.24) is 10.6 Å². The first-order valence-corrected chi connectivity index (χ1v) is 10.3.